The number of benzene rings is 2. The van der Waals surface area contributed by atoms with Gasteiger partial charge in [-0.25, -0.2) is 0 Å². The predicted octanol–water partition coefficient (Wildman–Crippen LogP) is 0.952. The lowest BCUT2D eigenvalue weighted by atomic mass is 9.92. The summed E-state index contributed by atoms with van der Waals surface area (Å²) in [6.07, 6.45) is 3.39. The average molecular weight is 756 g/mol. The average Bonchev–Trinajstić information content (AvgIpc) is 3.17. The van der Waals surface area contributed by atoms with E-state index in [-0.39, 0.29) is 5.78 Å². The van der Waals surface area contributed by atoms with E-state index in [4.69, 9.17) is 0 Å². The summed E-state index contributed by atoms with van der Waals surface area (Å²) in [5.74, 6) is 0.126. The third-order valence-corrected chi connectivity index (χ3v) is 12.5. The fourth-order valence-corrected chi connectivity index (χ4v) is 8.49. The van der Waals surface area contributed by atoms with Crippen molar-refractivity contribution in [3.05, 3.63) is 80.9 Å². The highest BCUT2D eigenvalue weighted by molar-refractivity contribution is 6.14. The molecule has 300 valence electrons. The first-order valence-electron chi connectivity index (χ1n) is 20.5. The van der Waals surface area contributed by atoms with Gasteiger partial charge in [-0.3, -0.25) is 34.2 Å². The number of Topliss-reactive ketones (excluding diaryl/α,β-unsaturated/α-hetero) is 1. The molecule has 5 heterocycles. The zero-order chi connectivity index (χ0) is 38.5. The van der Waals surface area contributed by atoms with Gasteiger partial charge in [-0.2, -0.15) is 0 Å². The maximum Gasteiger partial charge on any atom is 0.187 e. The van der Waals surface area contributed by atoms with Gasteiger partial charge in [-0.15, -0.1) is 0 Å². The Morgan fingerprint density at radius 2 is 0.964 bits per heavy atom. The fraction of sp³-hybridized carbons (Fsp3) is 0.605. The van der Waals surface area contributed by atoms with E-state index >= 15 is 0 Å². The highest BCUT2D eigenvalue weighted by Crippen LogP contribution is 2.26. The van der Waals surface area contributed by atoms with Gasteiger partial charge in [-0.05, 0) is 73.7 Å². The molecular formula is C43H65N9O3. The summed E-state index contributed by atoms with van der Waals surface area (Å²) in [5, 5.41) is 24.5. The summed E-state index contributed by atoms with van der Waals surface area (Å²) in [6, 6.07) is 13.5. The van der Waals surface area contributed by atoms with Gasteiger partial charge in [0.15, 0.2) is 5.78 Å². The molecule has 0 spiro atoms. The lowest BCUT2D eigenvalue weighted by Crippen LogP contribution is -2.50. The Kier molecular flexibility index (Phi) is 13.7. The zero-order valence-corrected chi connectivity index (χ0v) is 33.8. The van der Waals surface area contributed by atoms with E-state index in [1.807, 2.05) is 23.9 Å². The molecule has 2 unspecified atom stereocenters. The molecule has 12 nitrogen and oxygen atoms in total. The molecule has 0 bridgehead atoms. The van der Waals surface area contributed by atoms with Crippen molar-refractivity contribution in [2.45, 2.75) is 38.6 Å². The highest BCUT2D eigenvalue weighted by atomic mass is 16.3. The molecule has 3 N–H and O–H groups in total. The maximum atomic E-state index is 14.3. The standard InChI is InChI=1S/C43H65N9O3/c1-45-9-15-49(16-10-45)29-39-21-33(27-51-19-13-47(3)41(53)31-51)5-7-35(39)23-37-25-44-26-38(43(37)55)24-36-8-6-34(28-52-20-14-48(4)42(54)32-52)22-40(36)30-50-17-11-46(2)12-18-50/h5-8,21-24,41-42,44,53-54H,9-20,25-32H2,1-4H3/b37-23+,38-24+. The predicted molar refractivity (Wildman–Crippen MR) is 220 cm³/mol. The number of nitrogens with zero attached hydrogens (tertiary/aromatic N) is 8. The van der Waals surface area contributed by atoms with Crippen LogP contribution in [0.25, 0.3) is 12.2 Å². The van der Waals surface area contributed by atoms with E-state index in [1.165, 1.54) is 22.3 Å². The van der Waals surface area contributed by atoms with Crippen LogP contribution in [0.5, 0.6) is 0 Å². The first-order chi connectivity index (χ1) is 26.6. The maximum absolute atomic E-state index is 14.3. The highest BCUT2D eigenvalue weighted by Gasteiger charge is 2.26. The molecule has 0 amide bonds. The topological polar surface area (TPSA) is 95.5 Å². The zero-order valence-electron chi connectivity index (χ0n) is 33.8. The molecule has 5 aliphatic heterocycles. The van der Waals surface area contributed by atoms with Crippen LogP contribution >= 0.6 is 0 Å². The van der Waals surface area contributed by atoms with E-state index in [0.717, 1.165) is 127 Å². The summed E-state index contributed by atoms with van der Waals surface area (Å²) in [5.41, 5.74) is 8.84. The Labute approximate surface area is 329 Å². The van der Waals surface area contributed by atoms with Crippen LogP contribution in [0, 0.1) is 0 Å². The van der Waals surface area contributed by atoms with Crippen molar-refractivity contribution >= 4 is 17.9 Å². The molecule has 0 radical (unpaired) electrons. The number of carbonyl (C=O) groups excluding carboxylic acids is 1. The number of likely N-dealkylation sites (N-methyl/N-ethyl adjacent to an activating group) is 4. The van der Waals surface area contributed by atoms with Crippen molar-refractivity contribution in [1.29, 1.82) is 0 Å². The number of aliphatic hydroxyl groups excluding tert-OH is 2. The fourth-order valence-electron chi connectivity index (χ4n) is 8.49. The van der Waals surface area contributed by atoms with Crippen molar-refractivity contribution in [2.24, 2.45) is 0 Å². The molecule has 2 aromatic rings. The molecule has 7 rings (SSSR count). The second-order valence-corrected chi connectivity index (χ2v) is 16.9. The Hall–Kier alpha value is -2.85. The minimum atomic E-state index is -0.437. The van der Waals surface area contributed by atoms with Gasteiger partial charge >= 0.3 is 0 Å². The van der Waals surface area contributed by atoms with Crippen LogP contribution in [-0.2, 0) is 31.0 Å². The van der Waals surface area contributed by atoms with Crippen LogP contribution in [0.4, 0.5) is 0 Å². The van der Waals surface area contributed by atoms with Crippen LogP contribution in [0.1, 0.15) is 33.4 Å². The smallest absolute Gasteiger partial charge is 0.187 e. The van der Waals surface area contributed by atoms with E-state index in [1.54, 1.807) is 0 Å². The normalized spacial score (nSPS) is 27.1. The number of piperidine rings is 1. The summed E-state index contributed by atoms with van der Waals surface area (Å²) in [7, 11) is 8.34. The van der Waals surface area contributed by atoms with Crippen LogP contribution < -0.4 is 5.32 Å². The molecule has 2 aromatic carbocycles. The molecule has 0 aliphatic carbocycles. The summed E-state index contributed by atoms with van der Waals surface area (Å²) < 4.78 is 0. The lowest BCUT2D eigenvalue weighted by Gasteiger charge is -2.36. The molecule has 5 fully saturated rings. The minimum Gasteiger partial charge on any atom is -0.377 e. The summed E-state index contributed by atoms with van der Waals surface area (Å²) in [4.78, 5) is 32.8. The number of β-amino-alcohol motifs (C(OH)–C–C–N with tert-alkyl or cyclic N) is 2. The van der Waals surface area contributed by atoms with Gasteiger partial charge in [0, 0.05) is 142 Å². The quantitative estimate of drug-likeness (QED) is 0.302. The monoisotopic (exact) mass is 756 g/mol. The Bertz CT molecular complexity index is 1560. The van der Waals surface area contributed by atoms with E-state index in [9.17, 15) is 15.0 Å². The number of nitrogens with one attached hydrogen (secondary N) is 1. The molecule has 2 atom stereocenters. The van der Waals surface area contributed by atoms with Crippen molar-refractivity contribution < 1.29 is 15.0 Å². The first-order valence-corrected chi connectivity index (χ1v) is 20.5. The number of piperazine rings is 4. The SMILES string of the molecule is CN1CCN(Cc2cc(CN3CCN(C)C(O)C3)ccc2/C=C2\CNC/C(=C\c3ccc(CN4CCN(C)C(O)C4)cc3CN3CCN(C)CC3)C2=O)CC1. The third kappa shape index (κ3) is 10.8. The van der Waals surface area contributed by atoms with Gasteiger partial charge in [0.25, 0.3) is 0 Å². The summed E-state index contributed by atoms with van der Waals surface area (Å²) >= 11 is 0. The van der Waals surface area contributed by atoms with Gasteiger partial charge in [-0.1, -0.05) is 36.4 Å². The number of aliphatic hydroxyl groups is 2. The van der Waals surface area contributed by atoms with Gasteiger partial charge in [0.1, 0.15) is 12.5 Å². The summed E-state index contributed by atoms with van der Waals surface area (Å²) in [6.45, 7) is 17.6. The van der Waals surface area contributed by atoms with Crippen LogP contribution in [0.3, 0.4) is 0 Å². The number of hydrogen-bond donors (Lipinski definition) is 3. The van der Waals surface area contributed by atoms with Crippen LogP contribution in [-0.4, -0.2) is 201 Å². The first kappa shape index (κ1) is 40.4. The number of hydrogen-bond acceptors (Lipinski definition) is 12. The molecule has 0 saturated carbocycles. The van der Waals surface area contributed by atoms with E-state index in [0.29, 0.717) is 26.2 Å². The molecule has 12 heteroatoms. The minimum absolute atomic E-state index is 0.126. The van der Waals surface area contributed by atoms with Crippen molar-refractivity contribution in [3.63, 3.8) is 0 Å². The number of carbonyl (C=O) groups is 1. The molecule has 5 saturated heterocycles. The lowest BCUT2D eigenvalue weighted by molar-refractivity contribution is -0.112. The van der Waals surface area contributed by atoms with Gasteiger partial charge < -0.3 is 25.3 Å². The van der Waals surface area contributed by atoms with E-state index in [2.05, 4.69) is 97.4 Å². The number of rotatable bonds is 10. The van der Waals surface area contributed by atoms with Crippen molar-refractivity contribution in [3.8, 4) is 0 Å². The largest absolute Gasteiger partial charge is 0.377 e. The van der Waals surface area contributed by atoms with Gasteiger partial charge in [0.05, 0.1) is 0 Å². The molecule has 5 aliphatic rings. The van der Waals surface area contributed by atoms with Gasteiger partial charge in [0.2, 0.25) is 0 Å². The van der Waals surface area contributed by atoms with E-state index < -0.39 is 12.5 Å². The molecule has 55 heavy (non-hydrogen) atoms. The number of ketones is 1. The Balaban J connectivity index is 1.13. The van der Waals surface area contributed by atoms with Crippen molar-refractivity contribution in [1.82, 2.24) is 44.5 Å². The second kappa shape index (κ2) is 18.6. The van der Waals surface area contributed by atoms with Crippen LogP contribution in [0.2, 0.25) is 0 Å². The third-order valence-electron chi connectivity index (χ3n) is 12.5. The molecular weight excluding hydrogens is 691 g/mol. The Morgan fingerprint density at radius 1 is 0.564 bits per heavy atom. The van der Waals surface area contributed by atoms with Crippen LogP contribution in [0.15, 0.2) is 47.5 Å². The van der Waals surface area contributed by atoms with Crippen molar-refractivity contribution in [2.75, 3.05) is 133 Å². The second-order valence-electron chi connectivity index (χ2n) is 16.9. The molecule has 0 aromatic heterocycles. The Morgan fingerprint density at radius 3 is 1.36 bits per heavy atom.